The van der Waals surface area contributed by atoms with Gasteiger partial charge in [0.05, 0.1) is 11.2 Å². The molecular formula is C14H21BFNO3. The van der Waals surface area contributed by atoms with Crippen molar-refractivity contribution in [3.8, 4) is 0 Å². The highest BCUT2D eigenvalue weighted by Crippen LogP contribution is 2.39. The molecule has 0 N–H and O–H groups in total. The van der Waals surface area contributed by atoms with Gasteiger partial charge in [0, 0.05) is 26.2 Å². The van der Waals surface area contributed by atoms with E-state index in [4.69, 9.17) is 13.7 Å². The summed E-state index contributed by atoms with van der Waals surface area (Å²) in [5.41, 5.74) is -1.61. The highest BCUT2D eigenvalue weighted by atomic mass is 19.1. The molecule has 0 saturated carbocycles. The molecule has 1 aromatic heterocycles. The van der Waals surface area contributed by atoms with E-state index in [0.29, 0.717) is 11.6 Å². The van der Waals surface area contributed by atoms with Gasteiger partial charge in [0.25, 0.3) is 0 Å². The van der Waals surface area contributed by atoms with E-state index in [-0.39, 0.29) is 0 Å². The van der Waals surface area contributed by atoms with Gasteiger partial charge in [-0.05, 0) is 33.8 Å². The molecule has 2 rings (SSSR count). The van der Waals surface area contributed by atoms with Crippen molar-refractivity contribution in [3.05, 3.63) is 23.6 Å². The Morgan fingerprint density at radius 2 is 1.70 bits per heavy atom. The van der Waals surface area contributed by atoms with Gasteiger partial charge < -0.3 is 18.6 Å². The van der Waals surface area contributed by atoms with Crippen LogP contribution < -0.4 is 4.90 Å². The zero-order valence-electron chi connectivity index (χ0n) is 12.9. The summed E-state index contributed by atoms with van der Waals surface area (Å²) in [6, 6.07) is 3.49. The topological polar surface area (TPSA) is 34.8 Å². The van der Waals surface area contributed by atoms with Gasteiger partial charge in [-0.3, -0.25) is 0 Å². The number of hydrogen-bond donors (Lipinski definition) is 0. The van der Waals surface area contributed by atoms with E-state index in [1.54, 1.807) is 12.1 Å². The van der Waals surface area contributed by atoms with Crippen LogP contribution in [0.3, 0.4) is 0 Å². The summed E-state index contributed by atoms with van der Waals surface area (Å²) in [5.74, 6) is 1.10. The average Bonchev–Trinajstić information content (AvgIpc) is 2.83. The third kappa shape index (κ3) is 2.76. The first-order valence-electron chi connectivity index (χ1n) is 6.62. The fraction of sp³-hybridized carbons (Fsp3) is 0.571. The molecule has 0 atom stereocenters. The molecule has 1 fully saturated rings. The lowest BCUT2D eigenvalue weighted by Gasteiger charge is -2.32. The molecule has 1 aromatic rings. The molecule has 1 aliphatic heterocycles. The second-order valence-electron chi connectivity index (χ2n) is 6.19. The largest absolute Gasteiger partial charge is 0.525 e. The number of hydrogen-bond acceptors (Lipinski definition) is 4. The number of nitrogens with zero attached hydrogens (tertiary/aromatic N) is 1. The number of halogens is 1. The number of furan rings is 1. The van der Waals surface area contributed by atoms with Crippen molar-refractivity contribution in [2.24, 2.45) is 0 Å². The normalized spacial score (nSPS) is 21.4. The highest BCUT2D eigenvalue weighted by molar-refractivity contribution is 6.54. The molecular weight excluding hydrogens is 260 g/mol. The van der Waals surface area contributed by atoms with Crippen molar-refractivity contribution in [1.29, 1.82) is 0 Å². The summed E-state index contributed by atoms with van der Waals surface area (Å²) in [6.07, 6.45) is 1.30. The maximum Gasteiger partial charge on any atom is 0.525 e. The van der Waals surface area contributed by atoms with E-state index in [0.717, 1.165) is 0 Å². The van der Waals surface area contributed by atoms with E-state index in [1.165, 1.54) is 6.08 Å². The molecule has 0 spiro atoms. The van der Waals surface area contributed by atoms with Gasteiger partial charge in [-0.25, -0.2) is 4.39 Å². The van der Waals surface area contributed by atoms with E-state index in [1.807, 2.05) is 46.7 Å². The van der Waals surface area contributed by atoms with Gasteiger partial charge in [0.1, 0.15) is 11.5 Å². The van der Waals surface area contributed by atoms with Crippen LogP contribution in [0.5, 0.6) is 0 Å². The predicted octanol–water partition coefficient (Wildman–Crippen LogP) is 3.29. The summed E-state index contributed by atoms with van der Waals surface area (Å²) in [6.45, 7) is 7.54. The highest BCUT2D eigenvalue weighted by Gasteiger charge is 2.53. The van der Waals surface area contributed by atoms with Crippen LogP contribution in [0, 0.1) is 0 Å². The third-order valence-electron chi connectivity index (χ3n) is 3.81. The molecule has 4 nitrogen and oxygen atoms in total. The van der Waals surface area contributed by atoms with E-state index >= 15 is 0 Å². The van der Waals surface area contributed by atoms with Crippen LogP contribution in [0.15, 0.2) is 22.3 Å². The summed E-state index contributed by atoms with van der Waals surface area (Å²) >= 11 is 0. The Hall–Kier alpha value is -1.27. The first-order valence-corrected chi connectivity index (χ1v) is 6.62. The number of rotatable bonds is 3. The average molecular weight is 281 g/mol. The molecule has 0 unspecified atom stereocenters. The minimum atomic E-state index is -0.993. The smallest absolute Gasteiger partial charge is 0.441 e. The van der Waals surface area contributed by atoms with Crippen LogP contribution in [0.4, 0.5) is 10.3 Å². The van der Waals surface area contributed by atoms with Crippen LogP contribution in [-0.2, 0) is 9.31 Å². The molecule has 20 heavy (non-hydrogen) atoms. The monoisotopic (exact) mass is 281 g/mol. The standard InChI is InChI=1S/C14H21BFNO3/c1-13(2)14(3,4)20-15(19-13)11(16)9-10-7-8-12(18-10)17(5)6/h7-9H,1-6H3. The lowest BCUT2D eigenvalue weighted by molar-refractivity contribution is 0.00578. The number of anilines is 1. The molecule has 0 aromatic carbocycles. The van der Waals surface area contributed by atoms with Crippen LogP contribution in [-0.4, -0.2) is 32.4 Å². The molecule has 110 valence electrons. The van der Waals surface area contributed by atoms with Crippen LogP contribution in [0.1, 0.15) is 33.5 Å². The summed E-state index contributed by atoms with van der Waals surface area (Å²) in [5, 5.41) is 0. The first kappa shape index (κ1) is 15.1. The lowest BCUT2D eigenvalue weighted by Crippen LogP contribution is -2.41. The van der Waals surface area contributed by atoms with Gasteiger partial charge in [0.2, 0.25) is 0 Å². The van der Waals surface area contributed by atoms with Gasteiger partial charge in [-0.15, -0.1) is 0 Å². The minimum Gasteiger partial charge on any atom is -0.441 e. The molecule has 0 aliphatic carbocycles. The SMILES string of the molecule is CN(C)c1ccc(C=C(F)B2OC(C)(C)C(C)(C)O2)o1. The second-order valence-corrected chi connectivity index (χ2v) is 6.19. The predicted molar refractivity (Wildman–Crippen MR) is 78.2 cm³/mol. The van der Waals surface area contributed by atoms with Gasteiger partial charge in [-0.1, -0.05) is 0 Å². The zero-order valence-corrected chi connectivity index (χ0v) is 12.9. The molecule has 1 saturated heterocycles. The van der Waals surface area contributed by atoms with Crippen molar-refractivity contribution >= 4 is 19.1 Å². The summed E-state index contributed by atoms with van der Waals surface area (Å²) in [4.78, 5) is 1.81. The first-order chi connectivity index (χ1) is 9.12. The molecule has 6 heteroatoms. The van der Waals surface area contributed by atoms with E-state index < -0.39 is 24.0 Å². The van der Waals surface area contributed by atoms with E-state index in [2.05, 4.69) is 0 Å². The zero-order chi connectivity index (χ0) is 15.1. The molecule has 2 heterocycles. The maximum absolute atomic E-state index is 14.2. The van der Waals surface area contributed by atoms with Crippen LogP contribution >= 0.6 is 0 Å². The van der Waals surface area contributed by atoms with Crippen molar-refractivity contribution in [1.82, 2.24) is 0 Å². The van der Waals surface area contributed by atoms with Gasteiger partial charge >= 0.3 is 7.12 Å². The maximum atomic E-state index is 14.2. The molecule has 0 amide bonds. The third-order valence-corrected chi connectivity index (χ3v) is 3.81. The Morgan fingerprint density at radius 1 is 1.15 bits per heavy atom. The van der Waals surface area contributed by atoms with Crippen LogP contribution in [0.2, 0.25) is 0 Å². The summed E-state index contributed by atoms with van der Waals surface area (Å²) in [7, 11) is 2.72. The molecule has 0 bridgehead atoms. The quantitative estimate of drug-likeness (QED) is 0.796. The summed E-state index contributed by atoms with van der Waals surface area (Å²) < 4.78 is 31.0. The van der Waals surface area contributed by atoms with E-state index in [9.17, 15) is 4.39 Å². The second kappa shape index (κ2) is 4.93. The van der Waals surface area contributed by atoms with Crippen molar-refractivity contribution < 1.29 is 18.1 Å². The molecule has 0 radical (unpaired) electrons. The fourth-order valence-corrected chi connectivity index (χ4v) is 1.82. The Labute approximate surface area is 119 Å². The Balaban J connectivity index is 2.15. The van der Waals surface area contributed by atoms with Crippen LogP contribution in [0.25, 0.3) is 6.08 Å². The van der Waals surface area contributed by atoms with Crippen molar-refractivity contribution in [3.63, 3.8) is 0 Å². The van der Waals surface area contributed by atoms with Crippen molar-refractivity contribution in [2.45, 2.75) is 38.9 Å². The van der Waals surface area contributed by atoms with Gasteiger partial charge in [-0.2, -0.15) is 0 Å². The molecule has 1 aliphatic rings. The Morgan fingerprint density at radius 3 is 2.15 bits per heavy atom. The fourth-order valence-electron chi connectivity index (χ4n) is 1.82. The lowest BCUT2D eigenvalue weighted by atomic mass is 9.87. The Bertz CT molecular complexity index is 506. The minimum absolute atomic E-state index is 0.431. The van der Waals surface area contributed by atoms with Crippen molar-refractivity contribution in [2.75, 3.05) is 19.0 Å². The van der Waals surface area contributed by atoms with Gasteiger partial charge in [0.15, 0.2) is 5.88 Å². The Kier molecular flexibility index (Phi) is 3.73.